The van der Waals surface area contributed by atoms with Gasteiger partial charge >= 0.3 is 0 Å². The molecule has 1 amide bonds. The maximum atomic E-state index is 12.7. The third-order valence-electron chi connectivity index (χ3n) is 5.70. The van der Waals surface area contributed by atoms with Crippen molar-refractivity contribution in [1.29, 1.82) is 0 Å². The molecule has 1 unspecified atom stereocenters. The summed E-state index contributed by atoms with van der Waals surface area (Å²) in [6, 6.07) is 11.8. The third-order valence-corrected chi connectivity index (χ3v) is 5.95. The van der Waals surface area contributed by atoms with Gasteiger partial charge in [-0.05, 0) is 42.5 Å². The molecular weight excluding hydrogens is 406 g/mol. The number of hydrogen-bond acceptors (Lipinski definition) is 5. The molecule has 2 aromatic carbocycles. The lowest BCUT2D eigenvalue weighted by atomic mass is 9.89. The Balaban J connectivity index is 1.37. The highest BCUT2D eigenvalue weighted by Crippen LogP contribution is 2.40. The zero-order valence-corrected chi connectivity index (χ0v) is 17.4. The largest absolute Gasteiger partial charge is 0.497 e. The number of carbonyl (C=O) groups is 3. The van der Waals surface area contributed by atoms with Crippen molar-refractivity contribution in [2.75, 3.05) is 20.2 Å². The predicted octanol–water partition coefficient (Wildman–Crippen LogP) is 3.95. The van der Waals surface area contributed by atoms with Gasteiger partial charge in [0.25, 0.3) is 0 Å². The molecule has 0 saturated carbocycles. The molecule has 6 nitrogen and oxygen atoms in total. The van der Waals surface area contributed by atoms with Crippen LogP contribution in [0.3, 0.4) is 0 Å². The first-order valence-corrected chi connectivity index (χ1v) is 10.2. The minimum Gasteiger partial charge on any atom is -0.497 e. The molecule has 2 aromatic rings. The van der Waals surface area contributed by atoms with Crippen LogP contribution >= 0.6 is 11.6 Å². The fraction of sp³-hybridized carbons (Fsp3) is 0.348. The molecule has 156 valence electrons. The number of ether oxygens (including phenoxy) is 2. The summed E-state index contributed by atoms with van der Waals surface area (Å²) in [5, 5.41) is 0.562. The highest BCUT2D eigenvalue weighted by atomic mass is 35.5. The number of methoxy groups -OCH3 is 1. The van der Waals surface area contributed by atoms with Gasteiger partial charge in [0.05, 0.1) is 25.6 Å². The number of amides is 1. The van der Waals surface area contributed by atoms with Crippen LogP contribution in [0, 0.1) is 0 Å². The van der Waals surface area contributed by atoms with Crippen molar-refractivity contribution in [2.24, 2.45) is 0 Å². The first-order valence-electron chi connectivity index (χ1n) is 9.86. The van der Waals surface area contributed by atoms with Gasteiger partial charge in [-0.25, -0.2) is 0 Å². The molecule has 0 aliphatic carbocycles. The molecule has 7 heteroatoms. The summed E-state index contributed by atoms with van der Waals surface area (Å²) in [7, 11) is 1.55. The van der Waals surface area contributed by atoms with Crippen LogP contribution in [0.2, 0.25) is 5.02 Å². The van der Waals surface area contributed by atoms with Gasteiger partial charge in [0.1, 0.15) is 17.1 Å². The zero-order chi connectivity index (χ0) is 21.3. The van der Waals surface area contributed by atoms with Crippen molar-refractivity contribution in [2.45, 2.75) is 31.3 Å². The Bertz CT molecular complexity index is 1000. The molecule has 4 rings (SSSR count). The van der Waals surface area contributed by atoms with E-state index in [0.29, 0.717) is 47.2 Å². The number of Topliss-reactive ketones (excluding diaryl/α,β-unsaturated/α-hetero) is 2. The molecule has 1 atom stereocenters. The van der Waals surface area contributed by atoms with E-state index in [1.165, 1.54) is 0 Å². The number of ketones is 2. The highest BCUT2D eigenvalue weighted by molar-refractivity contribution is 6.30. The minimum absolute atomic E-state index is 0.0117. The number of benzene rings is 2. The summed E-state index contributed by atoms with van der Waals surface area (Å²) in [5.74, 6) is 0.920. The summed E-state index contributed by atoms with van der Waals surface area (Å²) in [6.45, 7) is 0.852. The van der Waals surface area contributed by atoms with Crippen LogP contribution in [-0.4, -0.2) is 48.2 Å². The van der Waals surface area contributed by atoms with Crippen LogP contribution in [0.25, 0.3) is 0 Å². The quantitative estimate of drug-likeness (QED) is 0.675. The molecule has 2 aliphatic rings. The van der Waals surface area contributed by atoms with E-state index in [-0.39, 0.29) is 36.7 Å². The third kappa shape index (κ3) is 4.05. The van der Waals surface area contributed by atoms with E-state index < -0.39 is 5.60 Å². The van der Waals surface area contributed by atoms with Crippen LogP contribution in [-0.2, 0) is 4.79 Å². The number of halogens is 1. The fourth-order valence-electron chi connectivity index (χ4n) is 4.04. The van der Waals surface area contributed by atoms with Crippen LogP contribution < -0.4 is 9.47 Å². The number of fused-ring (bicyclic) bond motifs is 1. The fourth-order valence-corrected chi connectivity index (χ4v) is 4.17. The first-order chi connectivity index (χ1) is 14.4. The Hall–Kier alpha value is -2.86. The second-order valence-corrected chi connectivity index (χ2v) is 8.18. The van der Waals surface area contributed by atoms with E-state index in [1.807, 2.05) is 0 Å². The molecule has 0 aromatic heterocycles. The molecule has 1 saturated heterocycles. The SMILES string of the molecule is COc1ccc2c(c1)C(=O)CC1(CCN(C(=O)CCC(=O)c3ccc(Cl)cc3)C1)O2. The highest BCUT2D eigenvalue weighted by Gasteiger charge is 2.47. The average Bonchev–Trinajstić information content (AvgIpc) is 3.15. The number of likely N-dealkylation sites (tertiary alicyclic amines) is 1. The van der Waals surface area contributed by atoms with Gasteiger partial charge in [-0.2, -0.15) is 0 Å². The summed E-state index contributed by atoms with van der Waals surface area (Å²) >= 11 is 5.84. The standard InChI is InChI=1S/C23H22ClNO5/c1-29-17-6-8-21-18(12-17)20(27)13-23(30-21)10-11-25(14-23)22(28)9-7-19(26)15-2-4-16(24)5-3-15/h2-6,8,12H,7,9-11,13-14H2,1H3. The monoisotopic (exact) mass is 427 g/mol. The van der Waals surface area contributed by atoms with E-state index in [0.717, 1.165) is 0 Å². The summed E-state index contributed by atoms with van der Waals surface area (Å²) in [6.07, 6.45) is 1.06. The molecule has 1 fully saturated rings. The second-order valence-electron chi connectivity index (χ2n) is 7.74. The Morgan fingerprint density at radius 3 is 2.67 bits per heavy atom. The average molecular weight is 428 g/mol. The van der Waals surface area contributed by atoms with Gasteiger partial charge in [-0.3, -0.25) is 14.4 Å². The van der Waals surface area contributed by atoms with Crippen molar-refractivity contribution in [1.82, 2.24) is 4.90 Å². The smallest absolute Gasteiger partial charge is 0.223 e. The van der Waals surface area contributed by atoms with Gasteiger partial charge in [-0.1, -0.05) is 11.6 Å². The Morgan fingerprint density at radius 1 is 1.17 bits per heavy atom. The van der Waals surface area contributed by atoms with E-state index in [2.05, 4.69) is 0 Å². The molecule has 30 heavy (non-hydrogen) atoms. The molecular formula is C23H22ClNO5. The van der Waals surface area contributed by atoms with Crippen molar-refractivity contribution in [3.8, 4) is 11.5 Å². The normalized spacial score (nSPS) is 20.1. The van der Waals surface area contributed by atoms with Crippen molar-refractivity contribution in [3.05, 3.63) is 58.6 Å². The zero-order valence-electron chi connectivity index (χ0n) is 16.7. The summed E-state index contributed by atoms with van der Waals surface area (Å²) in [4.78, 5) is 39.4. The molecule has 1 spiro atoms. The maximum Gasteiger partial charge on any atom is 0.223 e. The molecule has 2 aliphatic heterocycles. The van der Waals surface area contributed by atoms with Gasteiger partial charge < -0.3 is 14.4 Å². The number of rotatable bonds is 5. The van der Waals surface area contributed by atoms with E-state index in [9.17, 15) is 14.4 Å². The van der Waals surface area contributed by atoms with Crippen molar-refractivity contribution < 1.29 is 23.9 Å². The van der Waals surface area contributed by atoms with Gasteiger partial charge in [0.2, 0.25) is 5.91 Å². The lowest BCUT2D eigenvalue weighted by Gasteiger charge is -2.34. The predicted molar refractivity (Wildman–Crippen MR) is 112 cm³/mol. The van der Waals surface area contributed by atoms with E-state index >= 15 is 0 Å². The minimum atomic E-state index is -0.700. The lowest BCUT2D eigenvalue weighted by molar-refractivity contribution is -0.130. The first kappa shape index (κ1) is 20.4. The van der Waals surface area contributed by atoms with Gasteiger partial charge in [0, 0.05) is 36.4 Å². The van der Waals surface area contributed by atoms with Crippen LogP contribution in [0.1, 0.15) is 46.4 Å². The molecule has 0 N–H and O–H groups in total. The maximum absolute atomic E-state index is 12.7. The Kier molecular flexibility index (Phi) is 5.52. The van der Waals surface area contributed by atoms with Crippen molar-refractivity contribution in [3.63, 3.8) is 0 Å². The molecule has 0 radical (unpaired) electrons. The van der Waals surface area contributed by atoms with Crippen LogP contribution in [0.5, 0.6) is 11.5 Å². The number of hydrogen-bond donors (Lipinski definition) is 0. The van der Waals surface area contributed by atoms with Gasteiger partial charge in [-0.15, -0.1) is 0 Å². The van der Waals surface area contributed by atoms with Crippen LogP contribution in [0.15, 0.2) is 42.5 Å². The van der Waals surface area contributed by atoms with E-state index in [1.54, 1.807) is 54.5 Å². The van der Waals surface area contributed by atoms with Crippen LogP contribution in [0.4, 0.5) is 0 Å². The summed E-state index contributed by atoms with van der Waals surface area (Å²) < 4.78 is 11.4. The number of nitrogens with zero attached hydrogens (tertiary/aromatic N) is 1. The molecule has 0 bridgehead atoms. The Labute approximate surface area is 179 Å². The van der Waals surface area contributed by atoms with Gasteiger partial charge in [0.15, 0.2) is 11.6 Å². The molecule has 2 heterocycles. The van der Waals surface area contributed by atoms with Crippen molar-refractivity contribution >= 4 is 29.1 Å². The lowest BCUT2D eigenvalue weighted by Crippen LogP contribution is -2.45. The Morgan fingerprint density at radius 2 is 1.93 bits per heavy atom. The summed E-state index contributed by atoms with van der Waals surface area (Å²) in [5.41, 5.74) is 0.353. The second kappa shape index (κ2) is 8.11. The number of carbonyl (C=O) groups excluding carboxylic acids is 3. The topological polar surface area (TPSA) is 72.9 Å². The van der Waals surface area contributed by atoms with E-state index in [4.69, 9.17) is 21.1 Å².